The third-order valence-corrected chi connectivity index (χ3v) is 5.37. The second-order valence-electron chi connectivity index (χ2n) is 6.24. The molecule has 2 heterocycles. The zero-order chi connectivity index (χ0) is 18.3. The number of nitrogens with zero attached hydrogens (tertiary/aromatic N) is 3. The van der Waals surface area contributed by atoms with Crippen molar-refractivity contribution >= 4 is 32.6 Å². The summed E-state index contributed by atoms with van der Waals surface area (Å²) in [5, 5.41) is 7.94. The second kappa shape index (κ2) is 6.38. The summed E-state index contributed by atoms with van der Waals surface area (Å²) in [5.74, 6) is -0.195. The van der Waals surface area contributed by atoms with Crippen LogP contribution in [0.15, 0.2) is 48.7 Å². The number of hydrogen-bond donors (Lipinski definition) is 1. The first-order valence-electron chi connectivity index (χ1n) is 8.33. The fourth-order valence-electron chi connectivity index (χ4n) is 3.09. The highest BCUT2D eigenvalue weighted by atomic mass is 32.1. The lowest BCUT2D eigenvalue weighted by Gasteiger charge is -2.11. The molecule has 0 saturated heterocycles. The molecule has 5 nitrogen and oxygen atoms in total. The zero-order valence-corrected chi connectivity index (χ0v) is 15.6. The van der Waals surface area contributed by atoms with Gasteiger partial charge < -0.3 is 0 Å². The van der Waals surface area contributed by atoms with Crippen LogP contribution in [-0.4, -0.2) is 20.7 Å². The minimum Gasteiger partial charge on any atom is -0.298 e. The number of fused-ring (bicyclic) bond motifs is 1. The van der Waals surface area contributed by atoms with Gasteiger partial charge in [-0.2, -0.15) is 5.10 Å². The first kappa shape index (κ1) is 16.5. The number of carbonyl (C=O) groups excluding carboxylic acids is 1. The van der Waals surface area contributed by atoms with Crippen LogP contribution in [0.1, 0.15) is 27.2 Å². The molecule has 0 fully saturated rings. The molecule has 0 aliphatic carbocycles. The van der Waals surface area contributed by atoms with Crippen molar-refractivity contribution in [2.24, 2.45) is 0 Å². The van der Waals surface area contributed by atoms with Crippen molar-refractivity contribution in [3.05, 3.63) is 71.0 Å². The highest BCUT2D eigenvalue weighted by Gasteiger charge is 2.18. The average Bonchev–Trinajstić information content (AvgIpc) is 3.18. The smallest absolute Gasteiger partial charge is 0.260 e. The van der Waals surface area contributed by atoms with Crippen LogP contribution < -0.4 is 5.32 Å². The number of aromatic nitrogens is 3. The average molecular weight is 362 g/mol. The van der Waals surface area contributed by atoms with Crippen LogP contribution in [0.2, 0.25) is 0 Å². The molecule has 0 saturated carbocycles. The Bertz CT molecular complexity index is 1070. The molecule has 1 N–H and O–H groups in total. The topological polar surface area (TPSA) is 59.8 Å². The van der Waals surface area contributed by atoms with E-state index in [1.54, 1.807) is 6.20 Å². The maximum Gasteiger partial charge on any atom is 0.260 e. The SMILES string of the molecule is Cc1cccc(C)c1-n1ncc(C(=O)Nc2nc3ccccc3s2)c1C. The van der Waals surface area contributed by atoms with Crippen molar-refractivity contribution in [2.45, 2.75) is 20.8 Å². The third kappa shape index (κ3) is 2.78. The molecule has 0 bridgehead atoms. The van der Waals surface area contributed by atoms with E-state index in [1.165, 1.54) is 11.3 Å². The number of para-hydroxylation sites is 2. The molecular weight excluding hydrogens is 344 g/mol. The summed E-state index contributed by atoms with van der Waals surface area (Å²) in [4.78, 5) is 17.2. The van der Waals surface area contributed by atoms with Crippen LogP contribution >= 0.6 is 11.3 Å². The lowest BCUT2D eigenvalue weighted by atomic mass is 10.1. The van der Waals surface area contributed by atoms with Crippen molar-refractivity contribution in [1.82, 2.24) is 14.8 Å². The minimum absolute atomic E-state index is 0.195. The Morgan fingerprint density at radius 3 is 2.50 bits per heavy atom. The number of thiazole rings is 1. The standard InChI is InChI=1S/C20H18N4OS/c1-12-7-6-8-13(2)18(12)24-14(3)15(11-21-24)19(25)23-20-22-16-9-4-5-10-17(16)26-20/h4-11H,1-3H3,(H,22,23,25). The number of anilines is 1. The number of rotatable bonds is 3. The Morgan fingerprint density at radius 2 is 1.77 bits per heavy atom. The minimum atomic E-state index is -0.195. The van der Waals surface area contributed by atoms with Gasteiger partial charge in [-0.3, -0.25) is 10.1 Å². The fourth-order valence-corrected chi connectivity index (χ4v) is 3.95. The van der Waals surface area contributed by atoms with Gasteiger partial charge in [0.15, 0.2) is 5.13 Å². The van der Waals surface area contributed by atoms with Crippen molar-refractivity contribution in [1.29, 1.82) is 0 Å². The largest absolute Gasteiger partial charge is 0.298 e. The van der Waals surface area contributed by atoms with Gasteiger partial charge in [-0.25, -0.2) is 9.67 Å². The number of hydrogen-bond acceptors (Lipinski definition) is 4. The number of nitrogens with one attached hydrogen (secondary N) is 1. The van der Waals surface area contributed by atoms with E-state index in [2.05, 4.69) is 15.4 Å². The molecule has 4 aromatic rings. The van der Waals surface area contributed by atoms with E-state index in [9.17, 15) is 4.79 Å². The lowest BCUT2D eigenvalue weighted by molar-refractivity contribution is 0.102. The first-order chi connectivity index (χ1) is 12.5. The number of amides is 1. The lowest BCUT2D eigenvalue weighted by Crippen LogP contribution is -2.13. The molecule has 6 heteroatoms. The zero-order valence-electron chi connectivity index (χ0n) is 14.8. The summed E-state index contributed by atoms with van der Waals surface area (Å²) in [7, 11) is 0. The molecule has 4 rings (SSSR count). The molecule has 2 aromatic carbocycles. The Morgan fingerprint density at radius 1 is 1.04 bits per heavy atom. The summed E-state index contributed by atoms with van der Waals surface area (Å²) in [6, 6.07) is 13.9. The van der Waals surface area contributed by atoms with Crippen LogP contribution in [0, 0.1) is 20.8 Å². The van der Waals surface area contributed by atoms with E-state index in [0.29, 0.717) is 10.7 Å². The number of carbonyl (C=O) groups is 1. The second-order valence-corrected chi connectivity index (χ2v) is 7.27. The predicted octanol–water partition coefficient (Wildman–Crippen LogP) is 4.66. The number of benzene rings is 2. The molecule has 130 valence electrons. The van der Waals surface area contributed by atoms with Gasteiger partial charge in [0, 0.05) is 0 Å². The molecule has 0 atom stereocenters. The Balaban J connectivity index is 1.66. The molecule has 1 amide bonds. The van der Waals surface area contributed by atoms with E-state index < -0.39 is 0 Å². The van der Waals surface area contributed by atoms with Gasteiger partial charge in [-0.05, 0) is 44.0 Å². The summed E-state index contributed by atoms with van der Waals surface area (Å²) >= 11 is 1.46. The van der Waals surface area contributed by atoms with E-state index >= 15 is 0 Å². The number of aryl methyl sites for hydroxylation is 2. The molecule has 0 aliphatic heterocycles. The van der Waals surface area contributed by atoms with Crippen molar-refractivity contribution in [3.63, 3.8) is 0 Å². The normalized spacial score (nSPS) is 11.0. The molecule has 0 radical (unpaired) electrons. The molecule has 0 unspecified atom stereocenters. The summed E-state index contributed by atoms with van der Waals surface area (Å²) < 4.78 is 2.88. The summed E-state index contributed by atoms with van der Waals surface area (Å²) in [5.41, 5.74) is 5.50. The quantitative estimate of drug-likeness (QED) is 0.577. The van der Waals surface area contributed by atoms with E-state index in [-0.39, 0.29) is 5.91 Å². The Labute approximate surface area is 155 Å². The Kier molecular flexibility index (Phi) is 4.05. The van der Waals surface area contributed by atoms with E-state index in [4.69, 9.17) is 0 Å². The molecule has 0 aliphatic rings. The van der Waals surface area contributed by atoms with Gasteiger partial charge in [-0.1, -0.05) is 41.7 Å². The van der Waals surface area contributed by atoms with E-state index in [1.807, 2.05) is 67.9 Å². The van der Waals surface area contributed by atoms with Crippen LogP contribution in [0.3, 0.4) is 0 Å². The molecular formula is C20H18N4OS. The first-order valence-corrected chi connectivity index (χ1v) is 9.14. The molecule has 2 aromatic heterocycles. The van der Waals surface area contributed by atoms with E-state index in [0.717, 1.165) is 32.7 Å². The maximum absolute atomic E-state index is 12.7. The maximum atomic E-state index is 12.7. The summed E-state index contributed by atoms with van der Waals surface area (Å²) in [6.07, 6.45) is 1.61. The van der Waals surface area contributed by atoms with Crippen molar-refractivity contribution in [2.75, 3.05) is 5.32 Å². The van der Waals surface area contributed by atoms with Gasteiger partial charge in [-0.15, -0.1) is 0 Å². The van der Waals surface area contributed by atoms with Gasteiger partial charge in [0.25, 0.3) is 5.91 Å². The van der Waals surface area contributed by atoms with Gasteiger partial charge in [0.1, 0.15) is 0 Å². The monoisotopic (exact) mass is 362 g/mol. The molecule has 0 spiro atoms. The van der Waals surface area contributed by atoms with Crippen LogP contribution in [0.25, 0.3) is 15.9 Å². The predicted molar refractivity (Wildman–Crippen MR) is 105 cm³/mol. The van der Waals surface area contributed by atoms with Gasteiger partial charge in [0.2, 0.25) is 0 Å². The van der Waals surface area contributed by atoms with Gasteiger partial charge in [0.05, 0.1) is 33.4 Å². The fraction of sp³-hybridized carbons (Fsp3) is 0.150. The highest BCUT2D eigenvalue weighted by molar-refractivity contribution is 7.22. The van der Waals surface area contributed by atoms with Crippen LogP contribution in [0.5, 0.6) is 0 Å². The molecule has 26 heavy (non-hydrogen) atoms. The third-order valence-electron chi connectivity index (χ3n) is 4.42. The highest BCUT2D eigenvalue weighted by Crippen LogP contribution is 2.26. The van der Waals surface area contributed by atoms with Crippen LogP contribution in [0.4, 0.5) is 5.13 Å². The van der Waals surface area contributed by atoms with Gasteiger partial charge >= 0.3 is 0 Å². The Hall–Kier alpha value is -2.99. The van der Waals surface area contributed by atoms with Crippen molar-refractivity contribution in [3.8, 4) is 5.69 Å². The summed E-state index contributed by atoms with van der Waals surface area (Å²) in [6.45, 7) is 6.00. The van der Waals surface area contributed by atoms with Crippen LogP contribution in [-0.2, 0) is 0 Å². The van der Waals surface area contributed by atoms with Crippen molar-refractivity contribution < 1.29 is 4.79 Å².